The fourth-order valence-corrected chi connectivity index (χ4v) is 2.97. The number of fused-ring (bicyclic) bond motifs is 1. The Labute approximate surface area is 170 Å². The number of hydrogen-bond acceptors (Lipinski definition) is 3. The van der Waals surface area contributed by atoms with Crippen LogP contribution in [0, 0.1) is 0 Å². The van der Waals surface area contributed by atoms with E-state index in [4.69, 9.17) is 23.2 Å². The minimum Gasteiger partial charge on any atom is -0.354 e. The maximum atomic E-state index is 12.1. The lowest BCUT2D eigenvalue weighted by molar-refractivity contribution is -0.120. The van der Waals surface area contributed by atoms with Gasteiger partial charge in [0.15, 0.2) is 0 Å². The van der Waals surface area contributed by atoms with E-state index in [0.29, 0.717) is 21.2 Å². The fourth-order valence-electron chi connectivity index (χ4n) is 2.68. The molecular weight excluding hydrogens is 401 g/mol. The van der Waals surface area contributed by atoms with Gasteiger partial charge in [0, 0.05) is 29.7 Å². The van der Waals surface area contributed by atoms with Gasteiger partial charge in [-0.05, 0) is 35.7 Å². The van der Waals surface area contributed by atoms with Crippen LogP contribution in [0.5, 0.6) is 0 Å². The van der Waals surface area contributed by atoms with Gasteiger partial charge in [0.2, 0.25) is 5.91 Å². The van der Waals surface area contributed by atoms with E-state index >= 15 is 0 Å². The molecule has 28 heavy (non-hydrogen) atoms. The molecule has 0 saturated carbocycles. The summed E-state index contributed by atoms with van der Waals surface area (Å²) in [6.45, 7) is 0.469. The van der Waals surface area contributed by atoms with Crippen molar-refractivity contribution in [3.05, 3.63) is 80.1 Å². The average Bonchev–Trinajstić information content (AvgIpc) is 2.67. The zero-order chi connectivity index (χ0) is 20.1. The summed E-state index contributed by atoms with van der Waals surface area (Å²) in [6, 6.07) is 13.7. The molecule has 0 unspecified atom stereocenters. The van der Waals surface area contributed by atoms with Crippen molar-refractivity contribution in [1.82, 2.24) is 15.6 Å². The highest BCUT2D eigenvalue weighted by molar-refractivity contribution is 6.42. The Morgan fingerprint density at radius 1 is 0.929 bits per heavy atom. The fraction of sp³-hybridized carbons (Fsp3) is 0.150. The molecule has 0 atom stereocenters. The lowest BCUT2D eigenvalue weighted by Crippen LogP contribution is -2.36. The van der Waals surface area contributed by atoms with Gasteiger partial charge in [-0.25, -0.2) is 0 Å². The first-order valence-electron chi connectivity index (χ1n) is 8.55. The number of para-hydroxylation sites is 1. The smallest absolute Gasteiger partial charge is 0.252 e. The van der Waals surface area contributed by atoms with Crippen LogP contribution in [-0.2, 0) is 11.2 Å². The number of benzene rings is 2. The molecule has 144 valence electrons. The maximum Gasteiger partial charge on any atom is 0.252 e. The molecule has 1 heterocycles. The highest BCUT2D eigenvalue weighted by Crippen LogP contribution is 2.22. The number of halogens is 2. The topological polar surface area (TPSA) is 91.1 Å². The van der Waals surface area contributed by atoms with E-state index in [0.717, 1.165) is 10.9 Å². The zero-order valence-corrected chi connectivity index (χ0v) is 16.2. The molecule has 0 aliphatic carbocycles. The van der Waals surface area contributed by atoms with Crippen LogP contribution in [-0.4, -0.2) is 29.9 Å². The molecule has 3 rings (SSSR count). The van der Waals surface area contributed by atoms with Gasteiger partial charge in [-0.1, -0.05) is 41.4 Å². The first-order valence-corrected chi connectivity index (χ1v) is 9.30. The Bertz CT molecular complexity index is 1100. The van der Waals surface area contributed by atoms with Crippen LogP contribution in [0.1, 0.15) is 15.9 Å². The third kappa shape index (κ3) is 4.91. The molecule has 0 bridgehead atoms. The van der Waals surface area contributed by atoms with E-state index in [9.17, 15) is 14.4 Å². The Balaban J connectivity index is 1.49. The minimum atomic E-state index is -0.321. The number of carbonyl (C=O) groups is 2. The molecule has 0 aliphatic rings. The van der Waals surface area contributed by atoms with Crippen molar-refractivity contribution in [3.63, 3.8) is 0 Å². The van der Waals surface area contributed by atoms with Crippen molar-refractivity contribution in [1.29, 1.82) is 0 Å². The lowest BCUT2D eigenvalue weighted by atomic mass is 10.1. The number of nitrogens with one attached hydrogen (secondary N) is 3. The molecule has 2 aromatic carbocycles. The second-order valence-electron chi connectivity index (χ2n) is 6.12. The van der Waals surface area contributed by atoms with E-state index in [1.807, 2.05) is 18.2 Å². The zero-order valence-electron chi connectivity index (χ0n) is 14.7. The van der Waals surface area contributed by atoms with Crippen LogP contribution in [0.4, 0.5) is 0 Å². The van der Waals surface area contributed by atoms with Crippen molar-refractivity contribution in [2.45, 2.75) is 6.42 Å². The normalized spacial score (nSPS) is 10.6. The first kappa shape index (κ1) is 19.9. The second kappa shape index (κ2) is 8.91. The molecule has 0 spiro atoms. The van der Waals surface area contributed by atoms with Gasteiger partial charge in [0.1, 0.15) is 0 Å². The van der Waals surface area contributed by atoms with Gasteiger partial charge in [0.05, 0.1) is 16.5 Å². The molecule has 1 aromatic heterocycles. The predicted molar refractivity (Wildman–Crippen MR) is 110 cm³/mol. The van der Waals surface area contributed by atoms with Crippen molar-refractivity contribution >= 4 is 45.9 Å². The van der Waals surface area contributed by atoms with Crippen LogP contribution in [0.2, 0.25) is 10.0 Å². The summed E-state index contributed by atoms with van der Waals surface area (Å²) in [5.41, 5.74) is 1.20. The van der Waals surface area contributed by atoms with Crippen LogP contribution in [0.3, 0.4) is 0 Å². The van der Waals surface area contributed by atoms with Gasteiger partial charge in [0.25, 0.3) is 11.5 Å². The predicted octanol–water partition coefficient (Wildman–Crippen LogP) is 2.92. The Kier molecular flexibility index (Phi) is 6.34. The number of aromatic nitrogens is 1. The summed E-state index contributed by atoms with van der Waals surface area (Å²) in [5.74, 6) is -0.622. The van der Waals surface area contributed by atoms with Crippen LogP contribution >= 0.6 is 23.2 Å². The first-order chi connectivity index (χ1) is 13.4. The van der Waals surface area contributed by atoms with E-state index < -0.39 is 0 Å². The number of H-pyrrole nitrogens is 1. The molecule has 3 aromatic rings. The van der Waals surface area contributed by atoms with Crippen LogP contribution in [0.25, 0.3) is 10.9 Å². The summed E-state index contributed by atoms with van der Waals surface area (Å²) in [4.78, 5) is 39.0. The van der Waals surface area contributed by atoms with E-state index in [1.165, 1.54) is 6.07 Å². The Hall–Kier alpha value is -2.83. The average molecular weight is 418 g/mol. The molecule has 3 N–H and O–H groups in total. The third-order valence-corrected chi connectivity index (χ3v) is 4.83. The monoisotopic (exact) mass is 417 g/mol. The minimum absolute atomic E-state index is 0.0408. The third-order valence-electron chi connectivity index (χ3n) is 4.10. The number of pyridine rings is 1. The Morgan fingerprint density at radius 2 is 1.68 bits per heavy atom. The number of hydrogen-bond donors (Lipinski definition) is 3. The van der Waals surface area contributed by atoms with Gasteiger partial charge in [-0.2, -0.15) is 0 Å². The van der Waals surface area contributed by atoms with Gasteiger partial charge in [-0.15, -0.1) is 0 Å². The number of carbonyl (C=O) groups excluding carboxylic acids is 2. The van der Waals surface area contributed by atoms with E-state index in [2.05, 4.69) is 15.6 Å². The highest BCUT2D eigenvalue weighted by Gasteiger charge is 2.10. The SMILES string of the molecule is O=C(Cc1cc2ccccc2[nH]c1=O)NCCNC(=O)c1ccc(Cl)c(Cl)c1. The number of amides is 2. The summed E-state index contributed by atoms with van der Waals surface area (Å²) in [6.07, 6.45) is -0.0408. The number of aromatic amines is 1. The quantitative estimate of drug-likeness (QED) is 0.538. The standard InChI is InChI=1S/C20H17Cl2N3O3/c21-15-6-5-13(10-16(15)22)19(27)24-8-7-23-18(26)11-14-9-12-3-1-2-4-17(12)25-20(14)28/h1-6,9-10H,7-8,11H2,(H,23,26)(H,24,27)(H,25,28). The van der Waals surface area contributed by atoms with Crippen LogP contribution < -0.4 is 16.2 Å². The number of rotatable bonds is 6. The highest BCUT2D eigenvalue weighted by atomic mass is 35.5. The summed E-state index contributed by atoms with van der Waals surface area (Å²) in [5, 5.41) is 6.88. The molecular formula is C20H17Cl2N3O3. The largest absolute Gasteiger partial charge is 0.354 e. The molecule has 0 saturated heterocycles. The molecule has 0 aliphatic heterocycles. The van der Waals surface area contributed by atoms with Gasteiger partial charge < -0.3 is 15.6 Å². The lowest BCUT2D eigenvalue weighted by Gasteiger charge is -2.08. The molecule has 8 heteroatoms. The molecule has 6 nitrogen and oxygen atoms in total. The maximum absolute atomic E-state index is 12.1. The summed E-state index contributed by atoms with van der Waals surface area (Å²) < 4.78 is 0. The van der Waals surface area contributed by atoms with Crippen molar-refractivity contribution in [3.8, 4) is 0 Å². The van der Waals surface area contributed by atoms with Crippen LogP contribution in [0.15, 0.2) is 53.3 Å². The van der Waals surface area contributed by atoms with Crippen molar-refractivity contribution < 1.29 is 9.59 Å². The van der Waals surface area contributed by atoms with Crippen molar-refractivity contribution in [2.24, 2.45) is 0 Å². The van der Waals surface area contributed by atoms with Gasteiger partial charge in [-0.3, -0.25) is 14.4 Å². The molecule has 2 amide bonds. The van der Waals surface area contributed by atoms with E-state index in [-0.39, 0.29) is 36.9 Å². The molecule has 0 radical (unpaired) electrons. The van der Waals surface area contributed by atoms with Gasteiger partial charge >= 0.3 is 0 Å². The summed E-state index contributed by atoms with van der Waals surface area (Å²) >= 11 is 11.7. The Morgan fingerprint density at radius 3 is 2.46 bits per heavy atom. The molecule has 0 fully saturated rings. The second-order valence-corrected chi connectivity index (χ2v) is 6.94. The van der Waals surface area contributed by atoms with E-state index in [1.54, 1.807) is 24.3 Å². The summed E-state index contributed by atoms with van der Waals surface area (Å²) in [7, 11) is 0. The van der Waals surface area contributed by atoms with Crippen molar-refractivity contribution in [2.75, 3.05) is 13.1 Å².